The van der Waals surface area contributed by atoms with Crippen molar-refractivity contribution < 1.29 is 0 Å². The number of nitrogens with one attached hydrogen (secondary N) is 1. The average Bonchev–Trinajstić information content (AvgIpc) is 2.10. The smallest absolute Gasteiger partial charge is 0.00759 e. The van der Waals surface area contributed by atoms with Crippen LogP contribution in [0.25, 0.3) is 0 Å². The topological polar surface area (TPSA) is 15.3 Å². The zero-order chi connectivity index (χ0) is 9.40. The van der Waals surface area contributed by atoms with E-state index in [1.807, 2.05) is 7.05 Å². The number of hydrogen-bond donors (Lipinski definition) is 1. The molecular formula is C10H24N2. The van der Waals surface area contributed by atoms with E-state index in [4.69, 9.17) is 0 Å². The van der Waals surface area contributed by atoms with Gasteiger partial charge in [-0.3, -0.25) is 0 Å². The Kier molecular flexibility index (Phi) is 7.51. The van der Waals surface area contributed by atoms with Gasteiger partial charge in [0.2, 0.25) is 0 Å². The van der Waals surface area contributed by atoms with Crippen LogP contribution in [-0.2, 0) is 0 Å². The normalized spacial score (nSPS) is 13.8. The van der Waals surface area contributed by atoms with Crippen LogP contribution < -0.4 is 5.32 Å². The fourth-order valence-corrected chi connectivity index (χ4v) is 1.20. The maximum absolute atomic E-state index is 3.18. The molecule has 0 aromatic rings. The zero-order valence-electron chi connectivity index (χ0n) is 9.06. The summed E-state index contributed by atoms with van der Waals surface area (Å²) in [4.78, 5) is 2.45. The first kappa shape index (κ1) is 11.9. The predicted octanol–water partition coefficient (Wildman–Crippen LogP) is 1.72. The lowest BCUT2D eigenvalue weighted by atomic mass is 10.2. The van der Waals surface area contributed by atoms with Gasteiger partial charge in [0.05, 0.1) is 0 Å². The third-order valence-corrected chi connectivity index (χ3v) is 2.43. The zero-order valence-corrected chi connectivity index (χ0v) is 9.06. The molecule has 74 valence electrons. The van der Waals surface area contributed by atoms with E-state index >= 15 is 0 Å². The van der Waals surface area contributed by atoms with Crippen molar-refractivity contribution >= 4 is 0 Å². The highest BCUT2D eigenvalue weighted by atomic mass is 15.1. The molecule has 1 atom stereocenters. The molecule has 0 aromatic carbocycles. The number of hydrogen-bond acceptors (Lipinski definition) is 2. The lowest BCUT2D eigenvalue weighted by Crippen LogP contribution is -2.32. The van der Waals surface area contributed by atoms with Gasteiger partial charge >= 0.3 is 0 Å². The molecule has 0 radical (unpaired) electrons. The van der Waals surface area contributed by atoms with Gasteiger partial charge in [0, 0.05) is 6.04 Å². The maximum atomic E-state index is 3.18. The van der Waals surface area contributed by atoms with Crippen molar-refractivity contribution in [2.24, 2.45) is 0 Å². The summed E-state index contributed by atoms with van der Waals surface area (Å²) in [6, 6.07) is 0.712. The van der Waals surface area contributed by atoms with Crippen molar-refractivity contribution in [3.63, 3.8) is 0 Å². The molecule has 0 fully saturated rings. The van der Waals surface area contributed by atoms with Crippen LogP contribution in [0.1, 0.15) is 33.1 Å². The van der Waals surface area contributed by atoms with Crippen molar-refractivity contribution in [3.8, 4) is 0 Å². The van der Waals surface area contributed by atoms with Gasteiger partial charge in [-0.15, -0.1) is 0 Å². The van der Waals surface area contributed by atoms with Crippen molar-refractivity contribution in [3.05, 3.63) is 0 Å². The van der Waals surface area contributed by atoms with Gasteiger partial charge in [-0.25, -0.2) is 0 Å². The van der Waals surface area contributed by atoms with Gasteiger partial charge in [0.25, 0.3) is 0 Å². The van der Waals surface area contributed by atoms with Crippen molar-refractivity contribution in [1.29, 1.82) is 0 Å². The summed E-state index contributed by atoms with van der Waals surface area (Å²) >= 11 is 0. The Morgan fingerprint density at radius 3 is 2.58 bits per heavy atom. The Morgan fingerprint density at radius 1 is 1.42 bits per heavy atom. The van der Waals surface area contributed by atoms with Gasteiger partial charge in [0.15, 0.2) is 0 Å². The quantitative estimate of drug-likeness (QED) is 0.629. The third-order valence-electron chi connectivity index (χ3n) is 2.43. The average molecular weight is 172 g/mol. The molecular weight excluding hydrogens is 148 g/mol. The summed E-state index contributed by atoms with van der Waals surface area (Å²) in [5.41, 5.74) is 0. The molecule has 0 saturated carbocycles. The summed E-state index contributed by atoms with van der Waals surface area (Å²) in [5.74, 6) is 0. The molecule has 0 amide bonds. The largest absolute Gasteiger partial charge is 0.320 e. The lowest BCUT2D eigenvalue weighted by Gasteiger charge is -2.24. The lowest BCUT2D eigenvalue weighted by molar-refractivity contribution is 0.242. The second-order valence-corrected chi connectivity index (χ2v) is 3.58. The SMILES string of the molecule is CCCCN(C)C(C)CCNC. The second kappa shape index (κ2) is 7.56. The Bertz CT molecular complexity index is 81.8. The van der Waals surface area contributed by atoms with E-state index in [2.05, 4.69) is 31.1 Å². The van der Waals surface area contributed by atoms with Crippen LogP contribution in [-0.4, -0.2) is 38.1 Å². The van der Waals surface area contributed by atoms with E-state index in [-0.39, 0.29) is 0 Å². The van der Waals surface area contributed by atoms with E-state index < -0.39 is 0 Å². The molecule has 12 heavy (non-hydrogen) atoms. The van der Waals surface area contributed by atoms with Crippen LogP contribution in [0.2, 0.25) is 0 Å². The first-order valence-electron chi connectivity index (χ1n) is 5.07. The molecule has 0 aliphatic heterocycles. The molecule has 0 aliphatic carbocycles. The molecule has 0 aromatic heterocycles. The first-order chi connectivity index (χ1) is 5.72. The highest BCUT2D eigenvalue weighted by Gasteiger charge is 2.06. The van der Waals surface area contributed by atoms with Gasteiger partial charge in [-0.1, -0.05) is 13.3 Å². The molecule has 0 spiro atoms. The summed E-state index contributed by atoms with van der Waals surface area (Å²) in [5, 5.41) is 3.18. The van der Waals surface area contributed by atoms with E-state index in [0.29, 0.717) is 6.04 Å². The predicted molar refractivity (Wildman–Crippen MR) is 55.5 cm³/mol. The first-order valence-corrected chi connectivity index (χ1v) is 5.07. The summed E-state index contributed by atoms with van der Waals surface area (Å²) < 4.78 is 0. The van der Waals surface area contributed by atoms with E-state index in [9.17, 15) is 0 Å². The van der Waals surface area contributed by atoms with Crippen LogP contribution in [0, 0.1) is 0 Å². The van der Waals surface area contributed by atoms with Gasteiger partial charge in [0.1, 0.15) is 0 Å². The van der Waals surface area contributed by atoms with Crippen LogP contribution in [0.5, 0.6) is 0 Å². The molecule has 1 N–H and O–H groups in total. The van der Waals surface area contributed by atoms with Crippen molar-refractivity contribution in [2.45, 2.75) is 39.2 Å². The third kappa shape index (κ3) is 5.56. The number of rotatable bonds is 7. The minimum Gasteiger partial charge on any atom is -0.320 e. The molecule has 0 saturated heterocycles. The van der Waals surface area contributed by atoms with Gasteiger partial charge in [-0.05, 0) is 47.0 Å². The maximum Gasteiger partial charge on any atom is 0.00759 e. The molecule has 1 unspecified atom stereocenters. The van der Waals surface area contributed by atoms with E-state index in [1.54, 1.807) is 0 Å². The van der Waals surface area contributed by atoms with Crippen LogP contribution in [0.3, 0.4) is 0 Å². The van der Waals surface area contributed by atoms with Gasteiger partial charge < -0.3 is 10.2 Å². The molecule has 0 bridgehead atoms. The Morgan fingerprint density at radius 2 is 2.08 bits per heavy atom. The summed E-state index contributed by atoms with van der Waals surface area (Å²) in [6.45, 7) is 6.90. The Hall–Kier alpha value is -0.0800. The molecule has 2 heteroatoms. The molecule has 2 nitrogen and oxygen atoms in total. The Balaban J connectivity index is 3.39. The van der Waals surface area contributed by atoms with Crippen LogP contribution in [0.15, 0.2) is 0 Å². The fraction of sp³-hybridized carbons (Fsp3) is 1.00. The van der Waals surface area contributed by atoms with Crippen molar-refractivity contribution in [2.75, 3.05) is 27.2 Å². The molecule has 0 aliphatic rings. The van der Waals surface area contributed by atoms with Gasteiger partial charge in [-0.2, -0.15) is 0 Å². The monoisotopic (exact) mass is 172 g/mol. The molecule has 0 rings (SSSR count). The van der Waals surface area contributed by atoms with E-state index in [1.165, 1.54) is 25.8 Å². The van der Waals surface area contributed by atoms with E-state index in [0.717, 1.165) is 6.54 Å². The van der Waals surface area contributed by atoms with Crippen LogP contribution >= 0.6 is 0 Å². The highest BCUT2D eigenvalue weighted by molar-refractivity contribution is 4.63. The minimum absolute atomic E-state index is 0.712. The summed E-state index contributed by atoms with van der Waals surface area (Å²) in [7, 11) is 4.23. The molecule has 0 heterocycles. The summed E-state index contributed by atoms with van der Waals surface area (Å²) in [6.07, 6.45) is 3.86. The fourth-order valence-electron chi connectivity index (χ4n) is 1.20. The minimum atomic E-state index is 0.712. The number of unbranched alkanes of at least 4 members (excludes halogenated alkanes) is 1. The highest BCUT2D eigenvalue weighted by Crippen LogP contribution is 2.01. The standard InChI is InChI=1S/C10H24N2/c1-5-6-9-12(4)10(2)7-8-11-3/h10-11H,5-9H2,1-4H3. The number of nitrogens with zero attached hydrogens (tertiary/aromatic N) is 1. The van der Waals surface area contributed by atoms with Crippen LogP contribution in [0.4, 0.5) is 0 Å². The van der Waals surface area contributed by atoms with Crippen molar-refractivity contribution in [1.82, 2.24) is 10.2 Å². The Labute approximate surface area is 77.3 Å². The second-order valence-electron chi connectivity index (χ2n) is 3.58.